The van der Waals surface area contributed by atoms with Crippen LogP contribution in [-0.4, -0.2) is 33.2 Å². The van der Waals surface area contributed by atoms with Crippen LogP contribution in [0.3, 0.4) is 0 Å². The Morgan fingerprint density at radius 2 is 1.95 bits per heavy atom. The Bertz CT molecular complexity index is 567. The highest BCUT2D eigenvalue weighted by Gasteiger charge is 2.16. The molecule has 4 N–H and O–H groups in total. The number of anilines is 3. The maximum absolute atomic E-state index is 5.43. The molecule has 3 heterocycles. The third-order valence-electron chi connectivity index (χ3n) is 3.31. The molecule has 3 rings (SSSR count). The van der Waals surface area contributed by atoms with Crippen molar-refractivity contribution in [1.82, 2.24) is 20.1 Å². The lowest BCUT2D eigenvalue weighted by atomic mass is 10.1. The van der Waals surface area contributed by atoms with Crippen LogP contribution in [0.2, 0.25) is 0 Å². The molecule has 0 saturated carbocycles. The van der Waals surface area contributed by atoms with Gasteiger partial charge in [-0.05, 0) is 19.3 Å². The fraction of sp³-hybridized carbons (Fsp3) is 0.500. The first-order valence-corrected chi connectivity index (χ1v) is 6.96. The van der Waals surface area contributed by atoms with Crippen LogP contribution >= 0.6 is 0 Å². The van der Waals surface area contributed by atoms with Gasteiger partial charge in [0.2, 0.25) is 17.8 Å². The first-order valence-electron chi connectivity index (χ1n) is 6.96. The highest BCUT2D eigenvalue weighted by Crippen LogP contribution is 2.18. The molecule has 1 saturated heterocycles. The maximum Gasteiger partial charge on any atom is 0.243 e. The van der Waals surface area contributed by atoms with Gasteiger partial charge in [-0.2, -0.15) is 15.0 Å². The molecular formula is C12H18N8O. The minimum Gasteiger partial charge on any atom is -0.364 e. The van der Waals surface area contributed by atoms with Crippen LogP contribution in [0.1, 0.15) is 25.0 Å². The molecule has 0 aromatic carbocycles. The summed E-state index contributed by atoms with van der Waals surface area (Å²) in [4.78, 5) is 15.1. The summed E-state index contributed by atoms with van der Waals surface area (Å²) in [5.41, 5.74) is 3.25. The van der Waals surface area contributed by atoms with Crippen molar-refractivity contribution in [2.75, 3.05) is 28.7 Å². The maximum atomic E-state index is 5.43. The molecule has 2 aromatic rings. The van der Waals surface area contributed by atoms with Crippen LogP contribution in [0, 0.1) is 0 Å². The zero-order valence-corrected chi connectivity index (χ0v) is 11.6. The van der Waals surface area contributed by atoms with Gasteiger partial charge in [-0.1, -0.05) is 5.16 Å². The van der Waals surface area contributed by atoms with E-state index >= 15 is 0 Å². The number of hydrogen-bond donors (Lipinski definition) is 3. The van der Waals surface area contributed by atoms with Crippen LogP contribution in [-0.2, 0) is 6.54 Å². The minimum atomic E-state index is 0.341. The highest BCUT2D eigenvalue weighted by atomic mass is 16.5. The normalized spacial score (nSPS) is 15.0. The lowest BCUT2D eigenvalue weighted by molar-refractivity contribution is 0.412. The van der Waals surface area contributed by atoms with Crippen LogP contribution in [0.5, 0.6) is 0 Å². The number of hydrogen-bond acceptors (Lipinski definition) is 9. The summed E-state index contributed by atoms with van der Waals surface area (Å²) in [5, 5.41) is 6.92. The van der Waals surface area contributed by atoms with Crippen LogP contribution in [0.15, 0.2) is 16.9 Å². The number of rotatable bonds is 5. The van der Waals surface area contributed by atoms with Crippen molar-refractivity contribution < 1.29 is 4.52 Å². The van der Waals surface area contributed by atoms with Crippen molar-refractivity contribution in [3.05, 3.63) is 18.0 Å². The van der Waals surface area contributed by atoms with E-state index in [9.17, 15) is 0 Å². The second kappa shape index (κ2) is 6.35. The number of hydrazine groups is 1. The topological polar surface area (TPSA) is 118 Å². The monoisotopic (exact) mass is 290 g/mol. The number of piperidine rings is 1. The molecule has 1 fully saturated rings. The fourth-order valence-corrected chi connectivity index (χ4v) is 2.24. The lowest BCUT2D eigenvalue weighted by Crippen LogP contribution is -2.31. The molecule has 0 unspecified atom stereocenters. The Balaban J connectivity index is 1.75. The molecule has 0 radical (unpaired) electrons. The smallest absolute Gasteiger partial charge is 0.243 e. The molecule has 2 aromatic heterocycles. The van der Waals surface area contributed by atoms with Gasteiger partial charge in [0, 0.05) is 19.2 Å². The highest BCUT2D eigenvalue weighted by molar-refractivity contribution is 5.43. The quantitative estimate of drug-likeness (QED) is 0.541. The van der Waals surface area contributed by atoms with Crippen LogP contribution in [0.4, 0.5) is 17.8 Å². The van der Waals surface area contributed by atoms with E-state index < -0.39 is 0 Å². The summed E-state index contributed by atoms with van der Waals surface area (Å²) in [7, 11) is 0. The van der Waals surface area contributed by atoms with Gasteiger partial charge >= 0.3 is 0 Å². The van der Waals surface area contributed by atoms with E-state index in [4.69, 9.17) is 10.4 Å². The first kappa shape index (κ1) is 13.6. The van der Waals surface area contributed by atoms with Gasteiger partial charge in [-0.15, -0.1) is 0 Å². The molecule has 9 heteroatoms. The Hall–Kier alpha value is -2.42. The summed E-state index contributed by atoms with van der Waals surface area (Å²) in [6.45, 7) is 2.39. The van der Waals surface area contributed by atoms with Crippen LogP contribution in [0.25, 0.3) is 0 Å². The number of aromatic nitrogens is 4. The fourth-order valence-electron chi connectivity index (χ4n) is 2.24. The SMILES string of the molecule is NNc1nc(NCc2ccon2)nc(N2CCCCC2)n1. The molecule has 9 nitrogen and oxygen atoms in total. The second-order valence-corrected chi connectivity index (χ2v) is 4.82. The van der Waals surface area contributed by atoms with E-state index in [1.54, 1.807) is 6.07 Å². The molecule has 0 aliphatic carbocycles. The van der Waals surface area contributed by atoms with E-state index in [0.717, 1.165) is 31.6 Å². The summed E-state index contributed by atoms with van der Waals surface area (Å²) >= 11 is 0. The Kier molecular flexibility index (Phi) is 4.10. The largest absolute Gasteiger partial charge is 0.364 e. The zero-order valence-electron chi connectivity index (χ0n) is 11.6. The van der Waals surface area contributed by atoms with Crippen molar-refractivity contribution in [2.24, 2.45) is 5.84 Å². The van der Waals surface area contributed by atoms with Crippen molar-refractivity contribution in [3.63, 3.8) is 0 Å². The second-order valence-electron chi connectivity index (χ2n) is 4.82. The molecule has 112 valence electrons. The molecule has 21 heavy (non-hydrogen) atoms. The minimum absolute atomic E-state index is 0.341. The number of nitrogens with two attached hydrogens (primary N) is 1. The van der Waals surface area contributed by atoms with Crippen LogP contribution < -0.4 is 21.5 Å². The van der Waals surface area contributed by atoms with E-state index in [1.165, 1.54) is 12.7 Å². The molecule has 0 atom stereocenters. The zero-order chi connectivity index (χ0) is 14.5. The predicted octanol–water partition coefficient (Wildman–Crippen LogP) is 0.748. The van der Waals surface area contributed by atoms with Gasteiger partial charge in [0.25, 0.3) is 0 Å². The van der Waals surface area contributed by atoms with Crippen molar-refractivity contribution in [1.29, 1.82) is 0 Å². The average Bonchev–Trinajstić information content (AvgIpc) is 3.07. The van der Waals surface area contributed by atoms with Gasteiger partial charge in [0.1, 0.15) is 12.0 Å². The predicted molar refractivity (Wildman–Crippen MR) is 77.5 cm³/mol. The summed E-state index contributed by atoms with van der Waals surface area (Å²) in [6, 6.07) is 1.78. The number of nitrogens with one attached hydrogen (secondary N) is 2. The van der Waals surface area contributed by atoms with E-state index in [0.29, 0.717) is 24.4 Å². The van der Waals surface area contributed by atoms with Crippen molar-refractivity contribution in [2.45, 2.75) is 25.8 Å². The average molecular weight is 290 g/mol. The van der Waals surface area contributed by atoms with Gasteiger partial charge in [0.05, 0.1) is 6.54 Å². The molecule has 0 amide bonds. The standard InChI is InChI=1S/C12H18N8O/c13-18-11-15-10(14-8-9-4-7-21-19-9)16-12(17-11)20-5-2-1-3-6-20/h4,7H,1-3,5-6,8,13H2,(H2,14,15,16,17,18). The van der Waals surface area contributed by atoms with E-state index in [1.807, 2.05) is 0 Å². The summed E-state index contributed by atoms with van der Waals surface area (Å²) in [6.07, 6.45) is 5.08. The molecule has 0 spiro atoms. The number of nitrogen functional groups attached to an aromatic ring is 1. The Labute approximate surface area is 121 Å². The molecule has 1 aliphatic heterocycles. The van der Waals surface area contributed by atoms with E-state index in [2.05, 4.69) is 35.8 Å². The van der Waals surface area contributed by atoms with E-state index in [-0.39, 0.29) is 0 Å². The molecule has 0 bridgehead atoms. The molecule has 1 aliphatic rings. The number of nitrogens with zero attached hydrogens (tertiary/aromatic N) is 5. The third-order valence-corrected chi connectivity index (χ3v) is 3.31. The molecular weight excluding hydrogens is 272 g/mol. The summed E-state index contributed by atoms with van der Waals surface area (Å²) in [5.74, 6) is 6.87. The van der Waals surface area contributed by atoms with Crippen molar-refractivity contribution >= 4 is 17.8 Å². The summed E-state index contributed by atoms with van der Waals surface area (Å²) < 4.78 is 4.78. The van der Waals surface area contributed by atoms with Gasteiger partial charge in [-0.25, -0.2) is 5.84 Å². The Morgan fingerprint density at radius 1 is 1.14 bits per heavy atom. The third kappa shape index (κ3) is 3.37. The van der Waals surface area contributed by atoms with Gasteiger partial charge in [0.15, 0.2) is 0 Å². The van der Waals surface area contributed by atoms with Crippen molar-refractivity contribution in [3.8, 4) is 0 Å². The van der Waals surface area contributed by atoms with Gasteiger partial charge in [-0.3, -0.25) is 5.43 Å². The van der Waals surface area contributed by atoms with Gasteiger partial charge < -0.3 is 14.7 Å². The Morgan fingerprint density at radius 3 is 2.67 bits per heavy atom. The first-order chi connectivity index (χ1) is 10.3. The lowest BCUT2D eigenvalue weighted by Gasteiger charge is -2.26.